The summed E-state index contributed by atoms with van der Waals surface area (Å²) in [7, 11) is 1.77. The fraction of sp³-hybridized carbons (Fsp3) is 0.100. The molecular weight excluding hydrogens is 262 g/mol. The van der Waals surface area contributed by atoms with Crippen molar-refractivity contribution in [3.05, 3.63) is 35.1 Å². The smallest absolute Gasteiger partial charge is 0.335 e. The monoisotopic (exact) mass is 269 g/mol. The van der Waals surface area contributed by atoms with Gasteiger partial charge < -0.3 is 5.11 Å². The van der Waals surface area contributed by atoms with Crippen molar-refractivity contribution < 1.29 is 9.90 Å². The van der Waals surface area contributed by atoms with Gasteiger partial charge in [0.15, 0.2) is 5.16 Å². The van der Waals surface area contributed by atoms with E-state index in [0.717, 1.165) is 4.90 Å². The van der Waals surface area contributed by atoms with E-state index in [1.807, 2.05) is 0 Å². The first kappa shape index (κ1) is 11.9. The molecule has 0 radical (unpaired) electrons. The van der Waals surface area contributed by atoms with Gasteiger partial charge >= 0.3 is 5.97 Å². The average molecular weight is 270 g/mol. The summed E-state index contributed by atoms with van der Waals surface area (Å²) in [4.78, 5) is 15.5. The Hall–Kier alpha value is -1.53. The predicted octanol–water partition coefficient (Wildman–Crippen LogP) is 2.32. The average Bonchev–Trinajstić information content (AvgIpc) is 2.67. The van der Waals surface area contributed by atoms with Gasteiger partial charge in [-0.25, -0.2) is 14.5 Å². The third kappa shape index (κ3) is 2.59. The minimum absolute atomic E-state index is 0.164. The van der Waals surface area contributed by atoms with Gasteiger partial charge in [0.1, 0.15) is 6.33 Å². The minimum Gasteiger partial charge on any atom is -0.478 e. The number of halogens is 1. The lowest BCUT2D eigenvalue weighted by Gasteiger charge is -2.04. The molecule has 1 heterocycles. The molecule has 0 aliphatic heterocycles. The van der Waals surface area contributed by atoms with E-state index in [4.69, 9.17) is 16.7 Å². The summed E-state index contributed by atoms with van der Waals surface area (Å²) in [6.45, 7) is 0. The van der Waals surface area contributed by atoms with Crippen molar-refractivity contribution in [2.45, 2.75) is 10.1 Å². The van der Waals surface area contributed by atoms with Gasteiger partial charge in [-0.3, -0.25) is 0 Å². The second-order valence-corrected chi connectivity index (χ2v) is 4.63. The highest BCUT2D eigenvalue weighted by Gasteiger charge is 2.10. The van der Waals surface area contributed by atoms with Gasteiger partial charge in [-0.15, -0.1) is 0 Å². The largest absolute Gasteiger partial charge is 0.478 e. The zero-order chi connectivity index (χ0) is 12.4. The number of hydrogen-bond donors (Lipinski definition) is 1. The van der Waals surface area contributed by atoms with E-state index in [2.05, 4.69) is 10.1 Å². The maximum atomic E-state index is 10.7. The molecule has 0 saturated heterocycles. The fourth-order valence-corrected chi connectivity index (χ4v) is 2.26. The molecule has 7 heteroatoms. The summed E-state index contributed by atoms with van der Waals surface area (Å²) in [5.41, 5.74) is 0.164. The quantitative estimate of drug-likeness (QED) is 0.926. The van der Waals surface area contributed by atoms with Crippen LogP contribution in [0.25, 0.3) is 0 Å². The van der Waals surface area contributed by atoms with Crippen LogP contribution < -0.4 is 0 Å². The molecule has 5 nitrogen and oxygen atoms in total. The summed E-state index contributed by atoms with van der Waals surface area (Å²) < 4.78 is 1.62. The Balaban J connectivity index is 2.29. The molecule has 0 bridgehead atoms. The molecular formula is C10H8ClN3O2S. The SMILES string of the molecule is Cn1ncnc1Sc1ccc(C(=O)O)cc1Cl. The van der Waals surface area contributed by atoms with Gasteiger partial charge in [0.25, 0.3) is 0 Å². The Morgan fingerprint density at radius 1 is 1.53 bits per heavy atom. The number of rotatable bonds is 3. The van der Waals surface area contributed by atoms with Crippen LogP contribution in [0, 0.1) is 0 Å². The molecule has 2 rings (SSSR count). The summed E-state index contributed by atoms with van der Waals surface area (Å²) >= 11 is 7.33. The van der Waals surface area contributed by atoms with Crippen LogP contribution in [0.1, 0.15) is 10.4 Å². The van der Waals surface area contributed by atoms with Crippen LogP contribution in [-0.4, -0.2) is 25.8 Å². The molecule has 0 fully saturated rings. The lowest BCUT2D eigenvalue weighted by Crippen LogP contribution is -1.96. The van der Waals surface area contributed by atoms with Crippen molar-refractivity contribution in [3.8, 4) is 0 Å². The highest BCUT2D eigenvalue weighted by atomic mass is 35.5. The highest BCUT2D eigenvalue weighted by Crippen LogP contribution is 2.32. The molecule has 0 unspecified atom stereocenters. The number of carboxylic acid groups (broad SMARTS) is 1. The van der Waals surface area contributed by atoms with E-state index in [1.165, 1.54) is 30.2 Å². The molecule has 0 aliphatic carbocycles. The minimum atomic E-state index is -0.998. The Bertz CT molecular complexity index is 570. The molecule has 2 aromatic rings. The van der Waals surface area contributed by atoms with Gasteiger partial charge in [-0.1, -0.05) is 11.6 Å². The van der Waals surface area contributed by atoms with Crippen LogP contribution in [-0.2, 0) is 7.05 Å². The molecule has 0 saturated carbocycles. The number of hydrogen-bond acceptors (Lipinski definition) is 4. The molecule has 1 N–H and O–H groups in total. The number of benzene rings is 1. The molecule has 88 valence electrons. The summed E-state index contributed by atoms with van der Waals surface area (Å²) in [5.74, 6) is -0.998. The van der Waals surface area contributed by atoms with Gasteiger partial charge in [0.2, 0.25) is 0 Å². The van der Waals surface area contributed by atoms with Crippen LogP contribution in [0.2, 0.25) is 5.02 Å². The molecule has 0 amide bonds. The maximum absolute atomic E-state index is 10.7. The van der Waals surface area contributed by atoms with Crippen molar-refractivity contribution >= 4 is 29.3 Å². The Morgan fingerprint density at radius 3 is 2.82 bits per heavy atom. The van der Waals surface area contributed by atoms with Crippen molar-refractivity contribution in [1.29, 1.82) is 0 Å². The third-order valence-corrected chi connectivity index (χ3v) is 3.60. The second kappa shape index (κ2) is 4.77. The molecule has 0 aliphatic rings. The van der Waals surface area contributed by atoms with Gasteiger partial charge in [0, 0.05) is 11.9 Å². The van der Waals surface area contributed by atoms with Crippen LogP contribution in [0.4, 0.5) is 0 Å². The molecule has 0 atom stereocenters. The second-order valence-electron chi connectivity index (χ2n) is 3.22. The normalized spacial score (nSPS) is 10.5. The first-order valence-corrected chi connectivity index (χ1v) is 5.82. The Kier molecular flexibility index (Phi) is 3.35. The Labute approximate surface area is 106 Å². The van der Waals surface area contributed by atoms with Crippen LogP contribution in [0.3, 0.4) is 0 Å². The zero-order valence-corrected chi connectivity index (χ0v) is 10.4. The lowest BCUT2D eigenvalue weighted by molar-refractivity contribution is 0.0697. The van der Waals surface area contributed by atoms with E-state index in [9.17, 15) is 4.79 Å². The van der Waals surface area contributed by atoms with Crippen LogP contribution in [0.15, 0.2) is 34.6 Å². The van der Waals surface area contributed by atoms with Crippen LogP contribution >= 0.6 is 23.4 Å². The molecule has 17 heavy (non-hydrogen) atoms. The lowest BCUT2D eigenvalue weighted by atomic mass is 10.2. The fourth-order valence-electron chi connectivity index (χ4n) is 1.19. The summed E-state index contributed by atoms with van der Waals surface area (Å²) in [6.07, 6.45) is 1.45. The van der Waals surface area contributed by atoms with E-state index in [1.54, 1.807) is 17.8 Å². The molecule has 1 aromatic carbocycles. The first-order chi connectivity index (χ1) is 8.08. The number of nitrogens with zero attached hydrogens (tertiary/aromatic N) is 3. The van der Waals surface area contributed by atoms with Gasteiger partial charge in [-0.2, -0.15) is 5.10 Å². The number of carboxylic acids is 1. The van der Waals surface area contributed by atoms with Crippen LogP contribution in [0.5, 0.6) is 0 Å². The predicted molar refractivity (Wildman–Crippen MR) is 63.5 cm³/mol. The van der Waals surface area contributed by atoms with Crippen molar-refractivity contribution in [2.75, 3.05) is 0 Å². The number of aromatic nitrogens is 3. The third-order valence-electron chi connectivity index (χ3n) is 2.05. The van der Waals surface area contributed by atoms with E-state index in [0.29, 0.717) is 10.2 Å². The summed E-state index contributed by atoms with van der Waals surface area (Å²) in [5, 5.41) is 13.8. The van der Waals surface area contributed by atoms with Crippen molar-refractivity contribution in [2.24, 2.45) is 7.05 Å². The van der Waals surface area contributed by atoms with Gasteiger partial charge in [0.05, 0.1) is 10.6 Å². The van der Waals surface area contributed by atoms with E-state index >= 15 is 0 Å². The standard InChI is InChI=1S/C10H8ClN3O2S/c1-14-10(12-5-13-14)17-8-3-2-6(9(15)16)4-7(8)11/h2-5H,1H3,(H,15,16). The first-order valence-electron chi connectivity index (χ1n) is 4.62. The highest BCUT2D eigenvalue weighted by molar-refractivity contribution is 7.99. The molecule has 1 aromatic heterocycles. The Morgan fingerprint density at radius 2 is 2.29 bits per heavy atom. The number of carbonyl (C=O) groups is 1. The number of aromatic carboxylic acids is 1. The van der Waals surface area contributed by atoms with E-state index in [-0.39, 0.29) is 5.56 Å². The van der Waals surface area contributed by atoms with Gasteiger partial charge in [-0.05, 0) is 30.0 Å². The number of aryl methyl sites for hydroxylation is 1. The topological polar surface area (TPSA) is 68.0 Å². The molecule has 0 spiro atoms. The van der Waals surface area contributed by atoms with Crippen molar-refractivity contribution in [1.82, 2.24) is 14.8 Å². The van der Waals surface area contributed by atoms with E-state index < -0.39 is 5.97 Å². The summed E-state index contributed by atoms with van der Waals surface area (Å²) in [6, 6.07) is 4.58. The maximum Gasteiger partial charge on any atom is 0.335 e. The zero-order valence-electron chi connectivity index (χ0n) is 8.79. The van der Waals surface area contributed by atoms with Crippen molar-refractivity contribution in [3.63, 3.8) is 0 Å².